The van der Waals surface area contributed by atoms with Crippen molar-refractivity contribution in [3.63, 3.8) is 0 Å². The van der Waals surface area contributed by atoms with Crippen molar-refractivity contribution in [3.05, 3.63) is 35.9 Å². The van der Waals surface area contributed by atoms with Gasteiger partial charge >= 0.3 is 0 Å². The molecule has 1 fully saturated rings. The summed E-state index contributed by atoms with van der Waals surface area (Å²) in [5.41, 5.74) is 5.44. The minimum absolute atomic E-state index is 0.216. The van der Waals surface area contributed by atoms with Gasteiger partial charge in [0, 0.05) is 32.2 Å². The van der Waals surface area contributed by atoms with Gasteiger partial charge in [0.05, 0.1) is 24.2 Å². The van der Waals surface area contributed by atoms with Crippen molar-refractivity contribution >= 4 is 23.0 Å². The van der Waals surface area contributed by atoms with E-state index in [4.69, 9.17) is 4.74 Å². The van der Waals surface area contributed by atoms with Crippen molar-refractivity contribution in [1.82, 2.24) is 10.2 Å². The Labute approximate surface area is 202 Å². The summed E-state index contributed by atoms with van der Waals surface area (Å²) < 4.78 is 5.48. The molecule has 0 unspecified atom stereocenters. The Hall–Kier alpha value is -2.51. The molecule has 0 saturated carbocycles. The minimum Gasteiger partial charge on any atom is -0.495 e. The second-order valence-electron chi connectivity index (χ2n) is 8.69. The molecule has 1 heterocycles. The van der Waals surface area contributed by atoms with E-state index in [2.05, 4.69) is 74.1 Å². The largest absolute Gasteiger partial charge is 0.495 e. The number of hydrogen-bond donors (Lipinski definition) is 3. The maximum atomic E-state index is 11.8. The molecule has 1 amide bonds. The van der Waals surface area contributed by atoms with Crippen LogP contribution >= 0.6 is 0 Å². The van der Waals surface area contributed by atoms with E-state index in [1.165, 1.54) is 17.2 Å². The molecule has 0 aliphatic carbocycles. The summed E-state index contributed by atoms with van der Waals surface area (Å²) in [6.45, 7) is 13.9. The lowest BCUT2D eigenvalue weighted by atomic mass is 10.0. The third-order valence-corrected chi connectivity index (χ3v) is 5.57. The van der Waals surface area contributed by atoms with Crippen LogP contribution in [0, 0.1) is 0 Å². The van der Waals surface area contributed by atoms with Gasteiger partial charge in [-0.3, -0.25) is 4.79 Å². The average Bonchev–Trinajstić information content (AvgIpc) is 2.79. The predicted molar refractivity (Wildman–Crippen MR) is 145 cm³/mol. The van der Waals surface area contributed by atoms with Crippen LogP contribution in [0.3, 0.4) is 0 Å². The van der Waals surface area contributed by atoms with Crippen molar-refractivity contribution < 1.29 is 9.53 Å². The topological polar surface area (TPSA) is 68.9 Å². The SMILES string of the molecule is C=CC(=O)Nc1cc(NC)c(OC)cc1N1CCC(N(C)C)CC1.CC(C)=C(C)C.CNC. The fraction of sp³-hybridized carbons (Fsp3) is 0.577. The lowest BCUT2D eigenvalue weighted by molar-refractivity contribution is -0.111. The van der Waals surface area contributed by atoms with Gasteiger partial charge < -0.3 is 30.5 Å². The van der Waals surface area contributed by atoms with E-state index >= 15 is 0 Å². The lowest BCUT2D eigenvalue weighted by Crippen LogP contribution is -2.42. The quantitative estimate of drug-likeness (QED) is 0.425. The first-order chi connectivity index (χ1) is 15.6. The Morgan fingerprint density at radius 2 is 1.58 bits per heavy atom. The van der Waals surface area contributed by atoms with Crippen molar-refractivity contribution in [2.45, 2.75) is 46.6 Å². The summed E-state index contributed by atoms with van der Waals surface area (Å²) >= 11 is 0. The van der Waals surface area contributed by atoms with E-state index in [1.54, 1.807) is 7.11 Å². The molecule has 0 atom stereocenters. The molecule has 188 valence electrons. The second kappa shape index (κ2) is 16.2. The molecule has 33 heavy (non-hydrogen) atoms. The highest BCUT2D eigenvalue weighted by molar-refractivity contribution is 6.02. The van der Waals surface area contributed by atoms with Crippen molar-refractivity contribution in [2.75, 3.05) is 71.0 Å². The molecule has 0 aromatic heterocycles. The minimum atomic E-state index is -0.216. The van der Waals surface area contributed by atoms with Gasteiger partial charge in [0.1, 0.15) is 5.75 Å². The van der Waals surface area contributed by atoms with Crippen LogP contribution in [0.1, 0.15) is 40.5 Å². The van der Waals surface area contributed by atoms with Crippen molar-refractivity contribution in [2.24, 2.45) is 0 Å². The highest BCUT2D eigenvalue weighted by Crippen LogP contribution is 2.38. The molecule has 1 aliphatic rings. The fourth-order valence-electron chi connectivity index (χ4n) is 3.10. The van der Waals surface area contributed by atoms with Crippen LogP contribution in [0.5, 0.6) is 5.75 Å². The number of piperidine rings is 1. The van der Waals surface area contributed by atoms with Gasteiger partial charge in [0.15, 0.2) is 0 Å². The number of carbonyl (C=O) groups is 1. The zero-order chi connectivity index (χ0) is 25.6. The molecular weight excluding hydrogens is 414 g/mol. The zero-order valence-corrected chi connectivity index (χ0v) is 22.6. The number of benzene rings is 1. The van der Waals surface area contributed by atoms with E-state index in [1.807, 2.05) is 33.3 Å². The van der Waals surface area contributed by atoms with Gasteiger partial charge in [0.25, 0.3) is 0 Å². The van der Waals surface area contributed by atoms with Crippen LogP contribution in [0.15, 0.2) is 35.9 Å². The van der Waals surface area contributed by atoms with Crippen LogP contribution in [-0.2, 0) is 4.79 Å². The first-order valence-corrected chi connectivity index (χ1v) is 11.5. The predicted octanol–water partition coefficient (Wildman–Crippen LogP) is 4.59. The van der Waals surface area contributed by atoms with Gasteiger partial charge in [-0.05, 0) is 80.9 Å². The molecule has 1 aliphatic heterocycles. The molecule has 0 radical (unpaired) electrons. The summed E-state index contributed by atoms with van der Waals surface area (Å²) in [5.74, 6) is 0.547. The van der Waals surface area contributed by atoms with Crippen LogP contribution in [0.4, 0.5) is 17.1 Å². The van der Waals surface area contributed by atoms with E-state index in [0.717, 1.165) is 48.7 Å². The van der Waals surface area contributed by atoms with Crippen molar-refractivity contribution in [1.29, 1.82) is 0 Å². The third kappa shape index (κ3) is 10.8. The number of anilines is 3. The van der Waals surface area contributed by atoms with Gasteiger partial charge in [-0.15, -0.1) is 0 Å². The number of methoxy groups -OCH3 is 1. The smallest absolute Gasteiger partial charge is 0.247 e. The summed E-state index contributed by atoms with van der Waals surface area (Å²) in [5, 5.41) is 8.77. The number of hydrogen-bond acceptors (Lipinski definition) is 6. The molecular formula is C26H47N5O2. The zero-order valence-electron chi connectivity index (χ0n) is 22.6. The molecule has 1 aromatic rings. The molecule has 2 rings (SSSR count). The maximum Gasteiger partial charge on any atom is 0.247 e. The number of nitrogens with zero attached hydrogens (tertiary/aromatic N) is 2. The van der Waals surface area contributed by atoms with Crippen LogP contribution in [0.2, 0.25) is 0 Å². The van der Waals surface area contributed by atoms with Gasteiger partial charge in [-0.1, -0.05) is 17.7 Å². The van der Waals surface area contributed by atoms with E-state index in [9.17, 15) is 4.79 Å². The molecule has 7 nitrogen and oxygen atoms in total. The molecule has 7 heteroatoms. The first-order valence-electron chi connectivity index (χ1n) is 11.5. The Morgan fingerprint density at radius 3 is 1.94 bits per heavy atom. The Morgan fingerprint density at radius 1 is 1.06 bits per heavy atom. The maximum absolute atomic E-state index is 11.8. The average molecular weight is 462 g/mol. The molecule has 1 saturated heterocycles. The Balaban J connectivity index is 0.000000969. The van der Waals surface area contributed by atoms with Gasteiger partial charge in [-0.25, -0.2) is 0 Å². The second-order valence-corrected chi connectivity index (χ2v) is 8.69. The van der Waals surface area contributed by atoms with E-state index in [0.29, 0.717) is 6.04 Å². The first kappa shape index (κ1) is 30.5. The summed E-state index contributed by atoms with van der Waals surface area (Å²) in [6, 6.07) is 4.50. The van der Waals surface area contributed by atoms with Crippen LogP contribution in [-0.4, -0.2) is 72.3 Å². The Bertz CT molecular complexity index is 748. The number of allylic oxidation sites excluding steroid dienone is 2. The number of ether oxygens (including phenoxy) is 1. The number of carbonyl (C=O) groups excluding carboxylic acids is 1. The molecule has 0 spiro atoms. The highest BCUT2D eigenvalue weighted by atomic mass is 16.5. The third-order valence-electron chi connectivity index (χ3n) is 5.57. The molecule has 1 aromatic carbocycles. The normalized spacial score (nSPS) is 13.1. The van der Waals surface area contributed by atoms with Crippen LogP contribution in [0.25, 0.3) is 0 Å². The number of rotatable bonds is 6. The number of nitrogens with one attached hydrogen (secondary N) is 3. The fourth-order valence-corrected chi connectivity index (χ4v) is 3.10. The monoisotopic (exact) mass is 461 g/mol. The summed E-state index contributed by atoms with van der Waals surface area (Å²) in [6.07, 6.45) is 3.47. The van der Waals surface area contributed by atoms with Crippen molar-refractivity contribution in [3.8, 4) is 5.75 Å². The van der Waals surface area contributed by atoms with E-state index < -0.39 is 0 Å². The molecule has 0 bridgehead atoms. The Kier molecular flexibility index (Phi) is 14.9. The lowest BCUT2D eigenvalue weighted by Gasteiger charge is -2.37. The van der Waals surface area contributed by atoms with Crippen LogP contribution < -0.4 is 25.6 Å². The van der Waals surface area contributed by atoms with Gasteiger partial charge in [0.2, 0.25) is 5.91 Å². The number of amides is 1. The standard InChI is InChI=1S/C18H28N4O2.C6H12.C2H7N/c1-6-18(23)20-14-11-15(19-2)17(24-5)12-16(14)22-9-7-13(8-10-22)21(3)4;1-5(2)6(3)4;1-3-2/h6,11-13,19H,1,7-10H2,2-5H3,(H,20,23);1-4H3;3H,1-2H3. The summed E-state index contributed by atoms with van der Waals surface area (Å²) in [7, 11) is 11.5. The summed E-state index contributed by atoms with van der Waals surface area (Å²) in [4.78, 5) is 16.4. The molecule has 3 N–H and O–H groups in total. The highest BCUT2D eigenvalue weighted by Gasteiger charge is 2.24. The van der Waals surface area contributed by atoms with Gasteiger partial charge in [-0.2, -0.15) is 0 Å². The van der Waals surface area contributed by atoms with E-state index in [-0.39, 0.29) is 5.91 Å².